The lowest BCUT2D eigenvalue weighted by Gasteiger charge is -2.31. The third-order valence-corrected chi connectivity index (χ3v) is 6.08. The maximum Gasteiger partial charge on any atom is 0.240 e. The summed E-state index contributed by atoms with van der Waals surface area (Å²) < 4.78 is 15.8. The number of anilines is 1. The number of hydrogen-bond donors (Lipinski definition) is 0. The highest BCUT2D eigenvalue weighted by Crippen LogP contribution is 2.31. The van der Waals surface area contributed by atoms with E-state index in [4.69, 9.17) is 0 Å². The van der Waals surface area contributed by atoms with Gasteiger partial charge in [0.05, 0.1) is 10.8 Å². The minimum Gasteiger partial charge on any atom is -0.311 e. The lowest BCUT2D eigenvalue weighted by molar-refractivity contribution is -0.117. The number of hydrogen-bond acceptors (Lipinski definition) is 4. The number of carbonyl (C=O) groups excluding carboxylic acids is 1. The summed E-state index contributed by atoms with van der Waals surface area (Å²) in [6.07, 6.45) is 1.96. The number of halogens is 1. The Morgan fingerprint density at radius 2 is 1.89 bits per heavy atom. The maximum atomic E-state index is 14.1. The molecule has 0 spiro atoms. The second-order valence-corrected chi connectivity index (χ2v) is 8.14. The molecule has 0 saturated heterocycles. The van der Waals surface area contributed by atoms with Gasteiger partial charge in [-0.1, -0.05) is 42.1 Å². The normalized spacial score (nSPS) is 14.6. The average molecular weight is 396 g/mol. The van der Waals surface area contributed by atoms with Crippen molar-refractivity contribution in [1.82, 2.24) is 14.8 Å². The Morgan fingerprint density at radius 1 is 1.14 bits per heavy atom. The molecule has 0 aliphatic carbocycles. The van der Waals surface area contributed by atoms with Crippen molar-refractivity contribution in [3.05, 3.63) is 59.9 Å². The van der Waals surface area contributed by atoms with E-state index in [-0.39, 0.29) is 17.0 Å². The fourth-order valence-corrected chi connectivity index (χ4v) is 4.36. The number of benzene rings is 2. The first-order valence-electron chi connectivity index (χ1n) is 9.26. The Bertz CT molecular complexity index is 1020. The van der Waals surface area contributed by atoms with Crippen LogP contribution in [0.15, 0.2) is 53.7 Å². The first-order valence-corrected chi connectivity index (χ1v) is 10.1. The zero-order chi connectivity index (χ0) is 19.7. The molecule has 28 heavy (non-hydrogen) atoms. The van der Waals surface area contributed by atoms with Gasteiger partial charge in [0.25, 0.3) is 0 Å². The van der Waals surface area contributed by atoms with Gasteiger partial charge in [-0.2, -0.15) is 0 Å². The molecule has 2 heterocycles. The minimum absolute atomic E-state index is 0.0487. The molecule has 144 valence electrons. The summed E-state index contributed by atoms with van der Waals surface area (Å²) in [5.41, 5.74) is 2.60. The van der Waals surface area contributed by atoms with Gasteiger partial charge >= 0.3 is 0 Å². The third-order valence-electron chi connectivity index (χ3n) is 4.96. The number of para-hydroxylation sites is 1. The van der Waals surface area contributed by atoms with Crippen molar-refractivity contribution in [2.24, 2.45) is 7.05 Å². The number of thioether (sulfide) groups is 1. The molecular formula is C21H21FN4OS. The van der Waals surface area contributed by atoms with Crippen LogP contribution in [0.2, 0.25) is 0 Å². The molecule has 0 radical (unpaired) electrons. The highest BCUT2D eigenvalue weighted by atomic mass is 32.2. The number of aryl methyl sites for hydroxylation is 1. The van der Waals surface area contributed by atoms with Crippen LogP contribution in [0.5, 0.6) is 0 Å². The first kappa shape index (κ1) is 18.7. The Labute approximate surface area is 167 Å². The van der Waals surface area contributed by atoms with Crippen molar-refractivity contribution < 1.29 is 9.18 Å². The quantitative estimate of drug-likeness (QED) is 0.624. The van der Waals surface area contributed by atoms with E-state index >= 15 is 0 Å². The van der Waals surface area contributed by atoms with E-state index in [2.05, 4.69) is 16.3 Å². The summed E-state index contributed by atoms with van der Waals surface area (Å²) in [4.78, 5) is 15.0. The molecule has 1 aliphatic heterocycles. The molecule has 1 aromatic heterocycles. The number of nitrogens with zero attached hydrogens (tertiary/aromatic N) is 4. The SMILES string of the molecule is C[C@@H](Sc1nnc(-c2ccccc2F)n1C)C(=O)N1CCCc2ccccc21. The van der Waals surface area contributed by atoms with Gasteiger partial charge in [0.2, 0.25) is 5.91 Å². The molecule has 0 N–H and O–H groups in total. The first-order chi connectivity index (χ1) is 13.6. The second kappa shape index (κ2) is 7.75. The van der Waals surface area contributed by atoms with E-state index in [0.717, 1.165) is 25.1 Å². The van der Waals surface area contributed by atoms with Crippen LogP contribution >= 0.6 is 11.8 Å². The molecule has 0 unspecified atom stereocenters. The van der Waals surface area contributed by atoms with Gasteiger partial charge in [-0.15, -0.1) is 10.2 Å². The van der Waals surface area contributed by atoms with Crippen molar-refractivity contribution in [2.45, 2.75) is 30.2 Å². The van der Waals surface area contributed by atoms with Gasteiger partial charge in [0.1, 0.15) is 5.82 Å². The van der Waals surface area contributed by atoms with Crippen molar-refractivity contribution >= 4 is 23.4 Å². The van der Waals surface area contributed by atoms with E-state index in [1.807, 2.05) is 30.0 Å². The standard InChI is InChI=1S/C21H21FN4OS/c1-14(20(27)26-13-7-9-15-8-3-6-12-18(15)26)28-21-24-23-19(25(21)2)16-10-4-5-11-17(16)22/h3-6,8,10-12,14H,7,9,13H2,1-2H3/t14-/m1/s1. The van der Waals surface area contributed by atoms with Gasteiger partial charge < -0.3 is 9.47 Å². The van der Waals surface area contributed by atoms with E-state index in [1.54, 1.807) is 29.8 Å². The lowest BCUT2D eigenvalue weighted by atomic mass is 10.0. The number of carbonyl (C=O) groups is 1. The van der Waals surface area contributed by atoms with Crippen LogP contribution in [0, 0.1) is 5.82 Å². The van der Waals surface area contributed by atoms with Crippen molar-refractivity contribution in [3.8, 4) is 11.4 Å². The van der Waals surface area contributed by atoms with E-state index < -0.39 is 0 Å². The molecule has 1 aliphatic rings. The Balaban J connectivity index is 1.54. The predicted octanol–water partition coefficient (Wildman–Crippen LogP) is 4.08. The van der Waals surface area contributed by atoms with Gasteiger partial charge in [-0.25, -0.2) is 4.39 Å². The molecule has 0 fully saturated rings. The summed E-state index contributed by atoms with van der Waals surface area (Å²) in [7, 11) is 1.79. The zero-order valence-electron chi connectivity index (χ0n) is 15.8. The van der Waals surface area contributed by atoms with Gasteiger partial charge in [-0.3, -0.25) is 4.79 Å². The third kappa shape index (κ3) is 3.42. The Hall–Kier alpha value is -2.67. The van der Waals surface area contributed by atoms with Crippen molar-refractivity contribution in [3.63, 3.8) is 0 Å². The van der Waals surface area contributed by atoms with E-state index in [1.165, 1.54) is 23.4 Å². The summed E-state index contributed by atoms with van der Waals surface area (Å²) in [6, 6.07) is 14.5. The van der Waals surface area contributed by atoms with Crippen LogP contribution in [0.3, 0.4) is 0 Å². The Morgan fingerprint density at radius 3 is 2.71 bits per heavy atom. The molecular weight excluding hydrogens is 375 g/mol. The fourth-order valence-electron chi connectivity index (χ4n) is 3.49. The molecule has 2 aromatic carbocycles. The molecule has 3 aromatic rings. The molecule has 5 nitrogen and oxygen atoms in total. The summed E-state index contributed by atoms with van der Waals surface area (Å²) in [5, 5.41) is 8.57. The summed E-state index contributed by atoms with van der Waals surface area (Å²) in [6.45, 7) is 2.60. The fraction of sp³-hybridized carbons (Fsp3) is 0.286. The predicted molar refractivity (Wildman–Crippen MR) is 109 cm³/mol. The molecule has 0 saturated carbocycles. The highest BCUT2D eigenvalue weighted by Gasteiger charge is 2.28. The Kier molecular flexibility index (Phi) is 5.17. The molecule has 7 heteroatoms. The number of rotatable bonds is 4. The molecule has 1 amide bonds. The zero-order valence-corrected chi connectivity index (χ0v) is 16.6. The van der Waals surface area contributed by atoms with Crippen LogP contribution in [0.1, 0.15) is 18.9 Å². The monoisotopic (exact) mass is 396 g/mol. The average Bonchev–Trinajstić information content (AvgIpc) is 3.07. The van der Waals surface area contributed by atoms with Crippen LogP contribution in [-0.4, -0.2) is 32.5 Å². The number of fused-ring (bicyclic) bond motifs is 1. The van der Waals surface area contributed by atoms with Crippen molar-refractivity contribution in [1.29, 1.82) is 0 Å². The molecule has 4 rings (SSSR count). The lowest BCUT2D eigenvalue weighted by Crippen LogP contribution is -2.40. The largest absolute Gasteiger partial charge is 0.311 e. The maximum absolute atomic E-state index is 14.1. The van der Waals surface area contributed by atoms with Crippen LogP contribution < -0.4 is 4.90 Å². The van der Waals surface area contributed by atoms with E-state index in [9.17, 15) is 9.18 Å². The van der Waals surface area contributed by atoms with E-state index in [0.29, 0.717) is 16.5 Å². The molecule has 1 atom stereocenters. The van der Waals surface area contributed by atoms with Gasteiger partial charge in [0, 0.05) is 19.3 Å². The van der Waals surface area contributed by atoms with Gasteiger partial charge in [0.15, 0.2) is 11.0 Å². The highest BCUT2D eigenvalue weighted by molar-refractivity contribution is 8.00. The summed E-state index contributed by atoms with van der Waals surface area (Å²) >= 11 is 1.34. The van der Waals surface area contributed by atoms with Crippen LogP contribution in [0.4, 0.5) is 10.1 Å². The minimum atomic E-state index is -0.344. The summed E-state index contributed by atoms with van der Waals surface area (Å²) in [5.74, 6) is 0.153. The smallest absolute Gasteiger partial charge is 0.240 e. The number of aromatic nitrogens is 3. The van der Waals surface area contributed by atoms with Crippen molar-refractivity contribution in [2.75, 3.05) is 11.4 Å². The second-order valence-electron chi connectivity index (χ2n) is 6.83. The van der Waals surface area contributed by atoms with Crippen LogP contribution in [0.25, 0.3) is 11.4 Å². The van der Waals surface area contributed by atoms with Crippen LogP contribution in [-0.2, 0) is 18.3 Å². The molecule has 0 bridgehead atoms. The van der Waals surface area contributed by atoms with Gasteiger partial charge in [-0.05, 0) is 43.5 Å². The number of amides is 1. The topological polar surface area (TPSA) is 51.0 Å².